The van der Waals surface area contributed by atoms with Crippen molar-refractivity contribution >= 4 is 23.1 Å². The van der Waals surface area contributed by atoms with Gasteiger partial charge >= 0.3 is 23.1 Å². The normalized spacial score (nSPS) is 7.88. The van der Waals surface area contributed by atoms with Crippen molar-refractivity contribution in [2.75, 3.05) is 39.3 Å². The van der Waals surface area contributed by atoms with Crippen molar-refractivity contribution < 1.29 is 0 Å². The third-order valence-electron chi connectivity index (χ3n) is 1.06. The van der Waals surface area contributed by atoms with Crippen LogP contribution < -0.4 is 0 Å². The fraction of sp³-hybridized carbons (Fsp3) is 1.00. The molecule has 0 unspecified atom stereocenters. The molecule has 0 saturated heterocycles. The fourth-order valence-corrected chi connectivity index (χ4v) is 0.265. The van der Waals surface area contributed by atoms with Gasteiger partial charge in [-0.3, -0.25) is 0 Å². The van der Waals surface area contributed by atoms with Gasteiger partial charge in [-0.05, 0) is 0 Å². The van der Waals surface area contributed by atoms with Gasteiger partial charge in [-0.15, -0.1) is 0 Å². The van der Waals surface area contributed by atoms with Crippen molar-refractivity contribution in [1.82, 2.24) is 0 Å². The molecule has 0 spiro atoms. The second-order valence-corrected chi connectivity index (χ2v) is 2.56. The van der Waals surface area contributed by atoms with E-state index in [0.717, 1.165) is 19.3 Å². The number of rotatable bonds is 6. The second-order valence-electron chi connectivity index (χ2n) is 2.56. The summed E-state index contributed by atoms with van der Waals surface area (Å²) in [5.41, 5.74) is 38.9. The molecule has 7 heteroatoms. The third-order valence-corrected chi connectivity index (χ3v) is 1.06. The predicted molar refractivity (Wildman–Crippen MR) is 74.7 cm³/mol. The van der Waals surface area contributed by atoms with Crippen molar-refractivity contribution in [3.05, 3.63) is 34.4 Å². The first kappa shape index (κ1) is 25.4. The molecule has 0 aromatic carbocycles. The molecule has 16 heavy (non-hydrogen) atoms. The largest absolute Gasteiger partial charge is 2.00 e. The Kier molecular flexibility index (Phi) is 57.3. The van der Waals surface area contributed by atoms with E-state index in [-0.39, 0.29) is 23.1 Å². The molecule has 0 aliphatic carbocycles. The van der Waals surface area contributed by atoms with Gasteiger partial charge in [0.25, 0.3) is 0 Å². The van der Waals surface area contributed by atoms with Crippen LogP contribution in [0.2, 0.25) is 0 Å². The minimum absolute atomic E-state index is 0. The molecule has 0 rings (SSSR count). The number of hydrogen-bond donors (Lipinski definition) is 0. The molecule has 0 bridgehead atoms. The van der Waals surface area contributed by atoms with E-state index in [1.807, 2.05) is 0 Å². The molecule has 0 heterocycles. The summed E-state index contributed by atoms with van der Waals surface area (Å²) in [5, 5.41) is 0. The zero-order chi connectivity index (χ0) is 12.4. The Morgan fingerprint density at radius 2 is 0.500 bits per heavy atom. The van der Waals surface area contributed by atoms with E-state index in [0.29, 0.717) is 39.3 Å². The maximum atomic E-state index is 6.48. The van der Waals surface area contributed by atoms with Crippen molar-refractivity contribution in [1.29, 1.82) is 0 Å². The Morgan fingerprint density at radius 3 is 0.500 bits per heavy atom. The van der Waals surface area contributed by atoms with Gasteiger partial charge in [0, 0.05) is 0 Å². The van der Waals surface area contributed by atoms with Crippen molar-refractivity contribution in [3.63, 3.8) is 0 Å². The molecule has 6 nitrogen and oxygen atoms in total. The van der Waals surface area contributed by atoms with Crippen LogP contribution >= 0.6 is 0 Å². The Hall–Kier alpha value is 0.526. The molecule has 6 N–H and O–H groups in total. The van der Waals surface area contributed by atoms with Gasteiger partial charge in [0.15, 0.2) is 0 Å². The minimum atomic E-state index is 0. The Morgan fingerprint density at radius 1 is 0.375 bits per heavy atom. The van der Waals surface area contributed by atoms with Crippen molar-refractivity contribution in [3.8, 4) is 0 Å². The van der Waals surface area contributed by atoms with Crippen molar-refractivity contribution in [2.45, 2.75) is 19.3 Å². The van der Waals surface area contributed by atoms with E-state index < -0.39 is 0 Å². The molecule has 0 aliphatic heterocycles. The van der Waals surface area contributed by atoms with E-state index in [9.17, 15) is 0 Å². The SMILES string of the molecule is [Mg+2].[NH-]CCC[NH-].[NH-]CCC[NH-].[NH-]CCC[NH-]. The first-order valence-electron chi connectivity index (χ1n) is 5.12. The van der Waals surface area contributed by atoms with E-state index in [1.165, 1.54) is 0 Å². The van der Waals surface area contributed by atoms with Crippen LogP contribution in [0.3, 0.4) is 0 Å². The fourth-order valence-electron chi connectivity index (χ4n) is 0.265. The van der Waals surface area contributed by atoms with E-state index >= 15 is 0 Å². The van der Waals surface area contributed by atoms with Crippen LogP contribution in [0.15, 0.2) is 0 Å². The van der Waals surface area contributed by atoms with Crippen LogP contribution in [0.4, 0.5) is 0 Å². The summed E-state index contributed by atoms with van der Waals surface area (Å²) >= 11 is 0. The Bertz CT molecular complexity index is 56.8. The maximum absolute atomic E-state index is 6.48. The monoisotopic (exact) mass is 240 g/mol. The summed E-state index contributed by atoms with van der Waals surface area (Å²) < 4.78 is 0. The summed E-state index contributed by atoms with van der Waals surface area (Å²) in [6.07, 6.45) is 2.17. The summed E-state index contributed by atoms with van der Waals surface area (Å²) in [7, 11) is 0. The van der Waals surface area contributed by atoms with Gasteiger partial charge in [-0.25, -0.2) is 0 Å². The molecule has 0 aromatic rings. The van der Waals surface area contributed by atoms with Crippen LogP contribution in [0.5, 0.6) is 0 Å². The van der Waals surface area contributed by atoms with E-state index in [2.05, 4.69) is 0 Å². The topological polar surface area (TPSA) is 143 Å². The van der Waals surface area contributed by atoms with Gasteiger partial charge in [-0.2, -0.15) is 39.3 Å². The van der Waals surface area contributed by atoms with Crippen LogP contribution in [-0.4, -0.2) is 62.3 Å². The van der Waals surface area contributed by atoms with Gasteiger partial charge in [0.1, 0.15) is 0 Å². The average Bonchev–Trinajstić information content (AvgIpc) is 2.23. The zero-order valence-electron chi connectivity index (χ0n) is 10.1. The van der Waals surface area contributed by atoms with E-state index in [1.54, 1.807) is 0 Å². The number of nitrogens with one attached hydrogen (secondary N) is 6. The quantitative estimate of drug-likeness (QED) is 0.617. The van der Waals surface area contributed by atoms with Crippen molar-refractivity contribution in [2.24, 2.45) is 0 Å². The summed E-state index contributed by atoms with van der Waals surface area (Å²) in [5.74, 6) is 0. The van der Waals surface area contributed by atoms with Gasteiger partial charge < -0.3 is 34.4 Å². The molecule has 96 valence electrons. The van der Waals surface area contributed by atoms with Crippen LogP contribution in [0.25, 0.3) is 34.4 Å². The molecule has 0 radical (unpaired) electrons. The predicted octanol–water partition coefficient (Wildman–Crippen LogP) is 4.06. The van der Waals surface area contributed by atoms with Crippen LogP contribution in [0.1, 0.15) is 19.3 Å². The average molecular weight is 241 g/mol. The first-order chi connectivity index (χ1) is 7.24. The summed E-state index contributed by atoms with van der Waals surface area (Å²) in [6, 6.07) is 0. The van der Waals surface area contributed by atoms with Gasteiger partial charge in [0.2, 0.25) is 0 Å². The second kappa shape index (κ2) is 36.1. The molecule has 0 saturated carbocycles. The molecular formula is C9H24MgN6-4. The molecule has 0 atom stereocenters. The van der Waals surface area contributed by atoms with Gasteiger partial charge in [-0.1, -0.05) is 19.3 Å². The molecule has 0 amide bonds. The third kappa shape index (κ3) is 62.4. The van der Waals surface area contributed by atoms with Crippen LogP contribution in [-0.2, 0) is 0 Å². The standard InChI is InChI=1S/3C3H8N2.Mg/c3*4-2-1-3-5;/h3*4-5H,1-3H2;/q3*-2;+2. The summed E-state index contributed by atoms with van der Waals surface area (Å²) in [6.45, 7) is 2.44. The van der Waals surface area contributed by atoms with Gasteiger partial charge in [0.05, 0.1) is 0 Å². The van der Waals surface area contributed by atoms with E-state index in [4.69, 9.17) is 34.4 Å². The Labute approximate surface area is 116 Å². The zero-order valence-corrected chi connectivity index (χ0v) is 11.5. The smallest absolute Gasteiger partial charge is 0.677 e. The molecule has 0 aromatic heterocycles. The molecular weight excluding hydrogens is 216 g/mol. The summed E-state index contributed by atoms with van der Waals surface area (Å²) in [4.78, 5) is 0. The minimum Gasteiger partial charge on any atom is -0.677 e. The molecule has 0 aliphatic rings. The molecule has 0 fully saturated rings. The number of hydrogen-bond acceptors (Lipinski definition) is 0. The maximum Gasteiger partial charge on any atom is 2.00 e. The first-order valence-corrected chi connectivity index (χ1v) is 5.12. The Balaban J connectivity index is -0.0000000655. The van der Waals surface area contributed by atoms with Crippen LogP contribution in [0, 0.1) is 0 Å².